The number of aliphatic hydroxyl groups is 1. The quantitative estimate of drug-likeness (QED) is 0.748. The normalized spacial score (nSPS) is 58.5. The Bertz CT molecular complexity index is 530. The van der Waals surface area contributed by atoms with Gasteiger partial charge in [-0.2, -0.15) is 0 Å². The Balaban J connectivity index is 1.74. The fraction of sp³-hybridized carbons (Fsp3) is 0.955. The lowest BCUT2D eigenvalue weighted by Crippen LogP contribution is -2.61. The molecule has 0 aromatic rings. The molecule has 0 aliphatic heterocycles. The lowest BCUT2D eigenvalue weighted by Gasteiger charge is -2.61. The molecule has 0 aromatic heterocycles. The van der Waals surface area contributed by atoms with Crippen molar-refractivity contribution in [1.29, 1.82) is 0 Å². The van der Waals surface area contributed by atoms with Crippen molar-refractivity contribution in [3.8, 4) is 0 Å². The molecule has 0 aromatic carbocycles. The fourth-order valence-corrected chi connectivity index (χ4v) is 8.32. The summed E-state index contributed by atoms with van der Waals surface area (Å²) in [4.78, 5) is 11.4. The maximum absolute atomic E-state index is 11.7. The van der Waals surface area contributed by atoms with Crippen LogP contribution in [0.1, 0.15) is 79.1 Å². The SMILES string of the molecule is CCCC1(C)C2CCC3(C)CC(C)CC3C2C2CC2C1(O)CC=O. The molecule has 0 amide bonds. The first kappa shape index (κ1) is 17.1. The summed E-state index contributed by atoms with van der Waals surface area (Å²) < 4.78 is 0. The number of hydrogen-bond donors (Lipinski definition) is 1. The molecule has 4 aliphatic rings. The molecule has 2 heteroatoms. The number of rotatable bonds is 4. The van der Waals surface area contributed by atoms with E-state index in [2.05, 4.69) is 27.7 Å². The van der Waals surface area contributed by atoms with Gasteiger partial charge in [-0.05, 0) is 79.4 Å². The first-order chi connectivity index (χ1) is 11.3. The van der Waals surface area contributed by atoms with Crippen LogP contribution in [-0.2, 0) is 4.79 Å². The minimum atomic E-state index is -0.742. The molecule has 0 heterocycles. The molecule has 136 valence electrons. The molecule has 0 spiro atoms. The number of hydrogen-bond acceptors (Lipinski definition) is 2. The van der Waals surface area contributed by atoms with Crippen molar-refractivity contribution in [3.63, 3.8) is 0 Å². The lowest BCUT2D eigenvalue weighted by atomic mass is 9.45. The van der Waals surface area contributed by atoms with Gasteiger partial charge in [0, 0.05) is 11.8 Å². The van der Waals surface area contributed by atoms with Crippen LogP contribution in [0.25, 0.3) is 0 Å². The summed E-state index contributed by atoms with van der Waals surface area (Å²) in [6.45, 7) is 9.58. The average Bonchev–Trinajstić information content (AvgIpc) is 3.23. The molecule has 4 aliphatic carbocycles. The molecule has 2 nitrogen and oxygen atoms in total. The van der Waals surface area contributed by atoms with E-state index in [1.807, 2.05) is 0 Å². The second kappa shape index (κ2) is 5.32. The molecule has 4 rings (SSSR count). The van der Waals surface area contributed by atoms with E-state index in [1.165, 1.54) is 32.1 Å². The van der Waals surface area contributed by atoms with Crippen molar-refractivity contribution in [2.75, 3.05) is 0 Å². The molecular weight excluding hydrogens is 296 g/mol. The summed E-state index contributed by atoms with van der Waals surface area (Å²) in [5.41, 5.74) is -0.270. The average molecular weight is 333 g/mol. The van der Waals surface area contributed by atoms with Crippen LogP contribution in [0, 0.1) is 46.3 Å². The van der Waals surface area contributed by atoms with Gasteiger partial charge in [0.2, 0.25) is 0 Å². The van der Waals surface area contributed by atoms with Gasteiger partial charge in [-0.1, -0.05) is 34.1 Å². The van der Waals surface area contributed by atoms with Crippen LogP contribution >= 0.6 is 0 Å². The van der Waals surface area contributed by atoms with Crippen LogP contribution in [0.4, 0.5) is 0 Å². The Morgan fingerprint density at radius 3 is 2.58 bits per heavy atom. The van der Waals surface area contributed by atoms with E-state index >= 15 is 0 Å². The number of carbonyl (C=O) groups excluding carboxylic acids is 1. The van der Waals surface area contributed by atoms with Gasteiger partial charge in [-0.15, -0.1) is 0 Å². The minimum Gasteiger partial charge on any atom is -0.389 e. The first-order valence-corrected chi connectivity index (χ1v) is 10.5. The van der Waals surface area contributed by atoms with Crippen LogP contribution in [-0.4, -0.2) is 17.0 Å². The monoisotopic (exact) mass is 332 g/mol. The zero-order valence-electron chi connectivity index (χ0n) is 16.1. The molecule has 9 unspecified atom stereocenters. The van der Waals surface area contributed by atoms with Crippen molar-refractivity contribution in [1.82, 2.24) is 0 Å². The van der Waals surface area contributed by atoms with Gasteiger partial charge in [0.15, 0.2) is 0 Å². The van der Waals surface area contributed by atoms with Crippen LogP contribution < -0.4 is 0 Å². The summed E-state index contributed by atoms with van der Waals surface area (Å²) in [7, 11) is 0. The molecule has 4 saturated carbocycles. The Kier molecular flexibility index (Phi) is 3.78. The highest BCUT2D eigenvalue weighted by molar-refractivity contribution is 5.53. The van der Waals surface area contributed by atoms with Crippen molar-refractivity contribution < 1.29 is 9.90 Å². The zero-order chi connectivity index (χ0) is 17.3. The van der Waals surface area contributed by atoms with Crippen molar-refractivity contribution in [2.24, 2.45) is 46.3 Å². The maximum Gasteiger partial charge on any atom is 0.122 e. The second-order valence-corrected chi connectivity index (χ2v) is 10.5. The Labute approximate surface area is 147 Å². The molecule has 9 atom stereocenters. The molecular formula is C22H36O2. The van der Waals surface area contributed by atoms with Gasteiger partial charge >= 0.3 is 0 Å². The minimum absolute atomic E-state index is 0.0713. The zero-order valence-corrected chi connectivity index (χ0v) is 16.1. The smallest absolute Gasteiger partial charge is 0.122 e. The van der Waals surface area contributed by atoms with Gasteiger partial charge in [-0.3, -0.25) is 0 Å². The molecule has 0 radical (unpaired) electrons. The highest BCUT2D eigenvalue weighted by atomic mass is 16.3. The van der Waals surface area contributed by atoms with Crippen LogP contribution in [0.5, 0.6) is 0 Å². The van der Waals surface area contributed by atoms with E-state index in [0.29, 0.717) is 29.6 Å². The number of fused-ring (bicyclic) bond motifs is 5. The third-order valence-corrected chi connectivity index (χ3v) is 9.24. The summed E-state index contributed by atoms with van der Waals surface area (Å²) in [5, 5.41) is 11.7. The van der Waals surface area contributed by atoms with Crippen molar-refractivity contribution >= 4 is 6.29 Å². The van der Waals surface area contributed by atoms with Crippen LogP contribution in [0.3, 0.4) is 0 Å². The standard InChI is InChI=1S/C22H36O2/c1-5-7-21(4)16-6-8-20(3)13-14(2)11-18(20)19(16)15-12-17(15)22(21,24)9-10-23/h10,14-19,24H,5-9,11-13H2,1-4H3. The van der Waals surface area contributed by atoms with E-state index in [9.17, 15) is 9.90 Å². The maximum atomic E-state index is 11.7. The second-order valence-electron chi connectivity index (χ2n) is 10.5. The van der Waals surface area contributed by atoms with Gasteiger partial charge in [0.25, 0.3) is 0 Å². The molecule has 0 saturated heterocycles. The number of carbonyl (C=O) groups is 1. The summed E-state index contributed by atoms with van der Waals surface area (Å²) in [5.74, 6) is 4.23. The number of aldehydes is 1. The van der Waals surface area contributed by atoms with E-state index < -0.39 is 5.60 Å². The predicted octanol–water partition coefficient (Wildman–Crippen LogP) is 4.84. The summed E-state index contributed by atoms with van der Waals surface area (Å²) in [6.07, 6.45) is 10.1. The first-order valence-electron chi connectivity index (χ1n) is 10.5. The van der Waals surface area contributed by atoms with Crippen molar-refractivity contribution in [2.45, 2.75) is 84.7 Å². The molecule has 1 N–H and O–H groups in total. The third kappa shape index (κ3) is 2.01. The summed E-state index contributed by atoms with van der Waals surface area (Å²) in [6, 6.07) is 0. The topological polar surface area (TPSA) is 37.3 Å². The molecule has 24 heavy (non-hydrogen) atoms. The highest BCUT2D eigenvalue weighted by Gasteiger charge is 2.72. The predicted molar refractivity (Wildman–Crippen MR) is 96.5 cm³/mol. The van der Waals surface area contributed by atoms with Crippen LogP contribution in [0.2, 0.25) is 0 Å². The Morgan fingerprint density at radius 2 is 1.92 bits per heavy atom. The molecule has 4 fully saturated rings. The Hall–Kier alpha value is -0.370. The van der Waals surface area contributed by atoms with Gasteiger partial charge in [0.05, 0.1) is 5.60 Å². The van der Waals surface area contributed by atoms with E-state index in [4.69, 9.17) is 0 Å². The largest absolute Gasteiger partial charge is 0.389 e. The summed E-state index contributed by atoms with van der Waals surface area (Å²) >= 11 is 0. The van der Waals surface area contributed by atoms with Crippen LogP contribution in [0.15, 0.2) is 0 Å². The Morgan fingerprint density at radius 1 is 1.17 bits per heavy atom. The third-order valence-electron chi connectivity index (χ3n) is 9.24. The van der Waals surface area contributed by atoms with Gasteiger partial charge < -0.3 is 9.90 Å². The van der Waals surface area contributed by atoms with E-state index in [0.717, 1.165) is 36.9 Å². The van der Waals surface area contributed by atoms with Gasteiger partial charge in [-0.25, -0.2) is 0 Å². The highest BCUT2D eigenvalue weighted by Crippen LogP contribution is 2.75. The van der Waals surface area contributed by atoms with E-state index in [-0.39, 0.29) is 5.41 Å². The van der Waals surface area contributed by atoms with E-state index in [1.54, 1.807) is 0 Å². The lowest BCUT2D eigenvalue weighted by molar-refractivity contribution is -0.195. The molecule has 0 bridgehead atoms. The van der Waals surface area contributed by atoms with Crippen molar-refractivity contribution in [3.05, 3.63) is 0 Å². The fourth-order valence-electron chi connectivity index (χ4n) is 8.32. The van der Waals surface area contributed by atoms with Gasteiger partial charge in [0.1, 0.15) is 6.29 Å².